The first-order chi connectivity index (χ1) is 17.6. The number of halogens is 1. The van der Waals surface area contributed by atoms with Crippen LogP contribution in [0.25, 0.3) is 5.82 Å². The fourth-order valence-corrected chi connectivity index (χ4v) is 5.00. The van der Waals surface area contributed by atoms with Crippen molar-refractivity contribution in [3.05, 3.63) is 60.3 Å². The van der Waals surface area contributed by atoms with Crippen LogP contribution in [-0.4, -0.2) is 93.2 Å². The van der Waals surface area contributed by atoms with E-state index in [4.69, 9.17) is 0 Å². The van der Waals surface area contributed by atoms with Gasteiger partial charge in [0.2, 0.25) is 11.7 Å². The van der Waals surface area contributed by atoms with Crippen LogP contribution in [0.3, 0.4) is 0 Å². The summed E-state index contributed by atoms with van der Waals surface area (Å²) in [6.07, 6.45) is 4.11. The molecule has 0 spiro atoms. The lowest BCUT2D eigenvalue weighted by Gasteiger charge is -2.38. The van der Waals surface area contributed by atoms with Crippen LogP contribution in [0.15, 0.2) is 53.9 Å². The number of hydrogen-bond donors (Lipinski definition) is 1. The van der Waals surface area contributed by atoms with Crippen molar-refractivity contribution in [1.82, 2.24) is 29.8 Å². The van der Waals surface area contributed by atoms with E-state index >= 15 is 0 Å². The van der Waals surface area contributed by atoms with Crippen LogP contribution in [0.1, 0.15) is 11.5 Å². The number of aliphatic imine (C=N–C) groups is 1. The number of fused-ring (bicyclic) bond motifs is 1. The van der Waals surface area contributed by atoms with Gasteiger partial charge in [0, 0.05) is 50.5 Å². The number of ketones is 1. The minimum absolute atomic E-state index is 0.118. The number of amides is 1. The summed E-state index contributed by atoms with van der Waals surface area (Å²) in [6, 6.07) is 10.1. The zero-order valence-electron chi connectivity index (χ0n) is 19.4. The molecule has 6 rings (SSSR count). The number of carbonyl (C=O) groups is 2. The van der Waals surface area contributed by atoms with Gasteiger partial charge in [-0.05, 0) is 12.1 Å². The van der Waals surface area contributed by atoms with Gasteiger partial charge in [0.05, 0.1) is 36.7 Å². The molecule has 3 aliphatic heterocycles. The first-order valence-corrected chi connectivity index (χ1v) is 11.9. The molecule has 1 N–H and O–H groups in total. The molecule has 5 heterocycles. The highest BCUT2D eigenvalue weighted by atomic mass is 19.1. The highest BCUT2D eigenvalue weighted by Crippen LogP contribution is 2.37. The van der Waals surface area contributed by atoms with Gasteiger partial charge in [-0.3, -0.25) is 14.6 Å². The number of pyridine rings is 1. The molecule has 2 aromatic heterocycles. The molecule has 1 saturated heterocycles. The Morgan fingerprint density at radius 2 is 1.86 bits per heavy atom. The first-order valence-electron chi connectivity index (χ1n) is 11.9. The van der Waals surface area contributed by atoms with Crippen LogP contribution in [0.2, 0.25) is 0 Å². The summed E-state index contributed by atoms with van der Waals surface area (Å²) in [5.41, 5.74) is 1.58. The summed E-state index contributed by atoms with van der Waals surface area (Å²) < 4.78 is 16.2. The lowest BCUT2D eigenvalue weighted by molar-refractivity contribution is -0.146. The summed E-state index contributed by atoms with van der Waals surface area (Å²) >= 11 is 0. The van der Waals surface area contributed by atoms with Gasteiger partial charge in [-0.2, -0.15) is 0 Å². The average Bonchev–Trinajstić information content (AvgIpc) is 3.70. The number of para-hydroxylation sites is 1. The third kappa shape index (κ3) is 3.74. The van der Waals surface area contributed by atoms with Crippen molar-refractivity contribution in [1.29, 1.82) is 0 Å². The fourth-order valence-electron chi connectivity index (χ4n) is 5.00. The number of carbonyl (C=O) groups excluding carboxylic acids is 2. The van der Waals surface area contributed by atoms with Crippen molar-refractivity contribution in [2.24, 2.45) is 4.99 Å². The van der Waals surface area contributed by atoms with Gasteiger partial charge in [0.15, 0.2) is 5.82 Å². The Labute approximate surface area is 206 Å². The number of hydrogen-bond acceptors (Lipinski definition) is 9. The van der Waals surface area contributed by atoms with E-state index in [-0.39, 0.29) is 12.1 Å². The minimum atomic E-state index is -0.927. The van der Waals surface area contributed by atoms with Crippen molar-refractivity contribution in [2.45, 2.75) is 5.92 Å². The molecular formula is C24H24FN9O2. The van der Waals surface area contributed by atoms with Gasteiger partial charge in [-0.15, -0.1) is 5.10 Å². The lowest BCUT2D eigenvalue weighted by Crippen LogP contribution is -2.55. The van der Waals surface area contributed by atoms with Gasteiger partial charge < -0.3 is 20.0 Å². The molecule has 0 radical (unpaired) electrons. The lowest BCUT2D eigenvalue weighted by atomic mass is 9.96. The van der Waals surface area contributed by atoms with Gasteiger partial charge in [-0.1, -0.05) is 23.4 Å². The quantitative estimate of drug-likeness (QED) is 0.538. The predicted octanol–water partition coefficient (Wildman–Crippen LogP) is 0.900. The summed E-state index contributed by atoms with van der Waals surface area (Å²) in [6.45, 7) is 3.55. The van der Waals surface area contributed by atoms with Crippen molar-refractivity contribution in [2.75, 3.05) is 56.0 Å². The molecule has 12 heteroatoms. The molecule has 1 fully saturated rings. The standard InChI is InChI=1S/C24H24FN9O2/c25-18-15-28-22(34-9-7-29-30-34)20-19(18)17(14-27-20)21(35)23(36)31-10-12-32(13-11-31)24-26-6-8-33(24)16-4-2-1-3-5-16/h1-5,7,9,15,17,27H,6,8,10-14H2. The van der Waals surface area contributed by atoms with Crippen molar-refractivity contribution < 1.29 is 14.0 Å². The van der Waals surface area contributed by atoms with E-state index in [1.54, 1.807) is 11.1 Å². The maximum atomic E-state index is 14.8. The van der Waals surface area contributed by atoms with E-state index in [2.05, 4.69) is 47.5 Å². The second-order valence-corrected chi connectivity index (χ2v) is 8.81. The Morgan fingerprint density at radius 1 is 1.06 bits per heavy atom. The predicted molar refractivity (Wildman–Crippen MR) is 130 cm³/mol. The number of benzene rings is 1. The van der Waals surface area contributed by atoms with Gasteiger partial charge in [0.25, 0.3) is 5.91 Å². The molecule has 36 heavy (non-hydrogen) atoms. The molecule has 184 valence electrons. The molecular weight excluding hydrogens is 465 g/mol. The molecule has 3 aromatic rings. The molecule has 1 amide bonds. The molecule has 3 aliphatic rings. The van der Waals surface area contributed by atoms with E-state index < -0.39 is 23.4 Å². The van der Waals surface area contributed by atoms with Gasteiger partial charge in [-0.25, -0.2) is 14.1 Å². The second kappa shape index (κ2) is 9.02. The van der Waals surface area contributed by atoms with Crippen LogP contribution in [-0.2, 0) is 9.59 Å². The molecule has 0 aliphatic carbocycles. The largest absolute Gasteiger partial charge is 0.381 e. The molecule has 1 atom stereocenters. The van der Waals surface area contributed by atoms with Crippen LogP contribution >= 0.6 is 0 Å². The molecule has 1 aromatic carbocycles. The molecule has 0 bridgehead atoms. The van der Waals surface area contributed by atoms with Gasteiger partial charge in [0.1, 0.15) is 5.82 Å². The van der Waals surface area contributed by atoms with Crippen LogP contribution < -0.4 is 10.2 Å². The molecule has 11 nitrogen and oxygen atoms in total. The van der Waals surface area contributed by atoms with Crippen molar-refractivity contribution in [3.8, 4) is 5.82 Å². The van der Waals surface area contributed by atoms with E-state index in [1.807, 2.05) is 18.2 Å². The maximum absolute atomic E-state index is 14.8. The Hall–Kier alpha value is -4.35. The summed E-state index contributed by atoms with van der Waals surface area (Å²) in [5.74, 6) is -1.56. The van der Waals surface area contributed by atoms with Gasteiger partial charge >= 0.3 is 0 Å². The number of rotatable bonds is 4. The Kier molecular flexibility index (Phi) is 5.55. The fraction of sp³-hybridized carbons (Fsp3) is 0.333. The monoisotopic (exact) mass is 489 g/mol. The highest BCUT2D eigenvalue weighted by Gasteiger charge is 2.40. The van der Waals surface area contributed by atoms with Crippen LogP contribution in [0, 0.1) is 5.82 Å². The zero-order chi connectivity index (χ0) is 24.6. The SMILES string of the molecule is O=C(C(=O)N1CCN(C2=NCCN2c2ccccc2)CC1)C1CNc2c(-n3ccnn3)ncc(F)c21. The summed E-state index contributed by atoms with van der Waals surface area (Å²) in [7, 11) is 0. The van der Waals surface area contributed by atoms with E-state index in [0.717, 1.165) is 24.4 Å². The third-order valence-corrected chi connectivity index (χ3v) is 6.78. The highest BCUT2D eigenvalue weighted by molar-refractivity contribution is 6.38. The number of Topliss-reactive ketones (excluding diaryl/α,β-unsaturated/α-hetero) is 1. The van der Waals surface area contributed by atoms with E-state index in [0.29, 0.717) is 44.2 Å². The van der Waals surface area contributed by atoms with Crippen molar-refractivity contribution in [3.63, 3.8) is 0 Å². The second-order valence-electron chi connectivity index (χ2n) is 8.81. The number of nitrogens with zero attached hydrogens (tertiary/aromatic N) is 8. The normalized spacial score (nSPS) is 19.2. The maximum Gasteiger partial charge on any atom is 0.290 e. The average molecular weight is 490 g/mol. The smallest absolute Gasteiger partial charge is 0.290 e. The number of anilines is 2. The van der Waals surface area contributed by atoms with Crippen molar-refractivity contribution >= 4 is 29.0 Å². The Bertz CT molecular complexity index is 1320. The Balaban J connectivity index is 1.14. The molecule has 0 saturated carbocycles. The number of nitrogens with one attached hydrogen (secondary N) is 1. The summed E-state index contributed by atoms with van der Waals surface area (Å²) in [5, 5.41) is 10.7. The Morgan fingerprint density at radius 3 is 2.61 bits per heavy atom. The number of piperazine rings is 1. The summed E-state index contributed by atoms with van der Waals surface area (Å²) in [4.78, 5) is 41.0. The third-order valence-electron chi connectivity index (χ3n) is 6.78. The molecule has 1 unspecified atom stereocenters. The van der Waals surface area contributed by atoms with Crippen LogP contribution in [0.4, 0.5) is 15.8 Å². The minimum Gasteiger partial charge on any atom is -0.381 e. The van der Waals surface area contributed by atoms with E-state index in [9.17, 15) is 14.0 Å². The van der Waals surface area contributed by atoms with Crippen LogP contribution in [0.5, 0.6) is 0 Å². The first kappa shape index (κ1) is 22.1. The van der Waals surface area contributed by atoms with E-state index in [1.165, 1.54) is 10.9 Å². The zero-order valence-corrected chi connectivity index (χ0v) is 19.4. The number of aromatic nitrogens is 4. The topological polar surface area (TPSA) is 112 Å². The number of guanidine groups is 1.